The third kappa shape index (κ3) is 2.23. The second-order valence-corrected chi connectivity index (χ2v) is 5.89. The highest BCUT2D eigenvalue weighted by atomic mass is 16.2. The molecule has 1 saturated carbocycles. The average molecular weight is 251 g/mol. The molecule has 2 amide bonds. The second kappa shape index (κ2) is 4.53. The average Bonchev–Trinajstić information content (AvgIpc) is 2.80. The summed E-state index contributed by atoms with van der Waals surface area (Å²) in [4.78, 5) is 25.8. The van der Waals surface area contributed by atoms with Gasteiger partial charge in [-0.2, -0.15) is 0 Å². The standard InChI is InChI=1S/C13H21N3O2/c1-8-5-11(8)16-7-9(6-12(16)17)15-13(18)10-3-2-4-14-10/h8-11,14H,2-7H2,1H3,(H,15,18)/t8-,9+,10+,11-/m1/s1. The zero-order chi connectivity index (χ0) is 12.7. The molecule has 2 N–H and O–H groups in total. The van der Waals surface area contributed by atoms with Crippen LogP contribution in [0, 0.1) is 5.92 Å². The summed E-state index contributed by atoms with van der Waals surface area (Å²) >= 11 is 0. The minimum absolute atomic E-state index is 0.0141. The van der Waals surface area contributed by atoms with Gasteiger partial charge < -0.3 is 15.5 Å². The highest BCUT2D eigenvalue weighted by molar-refractivity contribution is 5.85. The fourth-order valence-electron chi connectivity index (χ4n) is 3.10. The predicted octanol–water partition coefficient (Wildman–Crippen LogP) is -0.136. The van der Waals surface area contributed by atoms with Crippen molar-refractivity contribution in [3.63, 3.8) is 0 Å². The van der Waals surface area contributed by atoms with Crippen molar-refractivity contribution in [1.29, 1.82) is 0 Å². The van der Waals surface area contributed by atoms with Crippen LogP contribution in [0.3, 0.4) is 0 Å². The Hall–Kier alpha value is -1.10. The van der Waals surface area contributed by atoms with E-state index in [1.165, 1.54) is 0 Å². The van der Waals surface area contributed by atoms with Crippen molar-refractivity contribution in [2.45, 2.75) is 50.7 Å². The Morgan fingerprint density at radius 3 is 2.89 bits per heavy atom. The van der Waals surface area contributed by atoms with Gasteiger partial charge in [0, 0.05) is 19.0 Å². The first-order valence-electron chi connectivity index (χ1n) is 6.98. The van der Waals surface area contributed by atoms with Gasteiger partial charge in [0.2, 0.25) is 11.8 Å². The minimum Gasteiger partial charge on any atom is -0.350 e. The number of carbonyl (C=O) groups excluding carboxylic acids is 2. The predicted molar refractivity (Wildman–Crippen MR) is 66.9 cm³/mol. The van der Waals surface area contributed by atoms with E-state index in [0.717, 1.165) is 25.8 Å². The molecule has 0 spiro atoms. The molecule has 4 atom stereocenters. The van der Waals surface area contributed by atoms with E-state index >= 15 is 0 Å². The molecule has 5 nitrogen and oxygen atoms in total. The minimum atomic E-state index is -0.0472. The lowest BCUT2D eigenvalue weighted by atomic mass is 10.2. The number of hydrogen-bond donors (Lipinski definition) is 2. The Morgan fingerprint density at radius 1 is 1.50 bits per heavy atom. The maximum absolute atomic E-state index is 12.0. The summed E-state index contributed by atoms with van der Waals surface area (Å²) in [6.45, 7) is 3.80. The summed E-state index contributed by atoms with van der Waals surface area (Å²) in [7, 11) is 0. The Morgan fingerprint density at radius 2 is 2.28 bits per heavy atom. The normalized spacial score (nSPS) is 39.2. The molecule has 1 aliphatic carbocycles. The molecule has 0 aromatic heterocycles. The van der Waals surface area contributed by atoms with Crippen LogP contribution in [0.4, 0.5) is 0 Å². The van der Waals surface area contributed by atoms with Crippen molar-refractivity contribution in [2.24, 2.45) is 5.92 Å². The molecular weight excluding hydrogens is 230 g/mol. The van der Waals surface area contributed by atoms with Crippen molar-refractivity contribution < 1.29 is 9.59 Å². The van der Waals surface area contributed by atoms with Crippen molar-refractivity contribution >= 4 is 11.8 Å². The fourth-order valence-corrected chi connectivity index (χ4v) is 3.10. The molecule has 100 valence electrons. The Labute approximate surface area is 107 Å². The van der Waals surface area contributed by atoms with Crippen molar-refractivity contribution in [1.82, 2.24) is 15.5 Å². The summed E-state index contributed by atoms with van der Waals surface area (Å²) in [6, 6.07) is 0.401. The quantitative estimate of drug-likeness (QED) is 0.734. The first kappa shape index (κ1) is 12.0. The van der Waals surface area contributed by atoms with E-state index < -0.39 is 0 Å². The van der Waals surface area contributed by atoms with Crippen LogP contribution in [0.15, 0.2) is 0 Å². The van der Waals surface area contributed by atoms with Crippen LogP contribution < -0.4 is 10.6 Å². The first-order chi connectivity index (χ1) is 8.65. The molecule has 2 saturated heterocycles. The van der Waals surface area contributed by atoms with Crippen molar-refractivity contribution in [3.8, 4) is 0 Å². The van der Waals surface area contributed by atoms with Gasteiger partial charge in [-0.15, -0.1) is 0 Å². The summed E-state index contributed by atoms with van der Waals surface area (Å²) in [5.74, 6) is 0.907. The third-order valence-corrected chi connectivity index (χ3v) is 4.35. The smallest absolute Gasteiger partial charge is 0.237 e. The summed E-state index contributed by atoms with van der Waals surface area (Å²) in [6.07, 6.45) is 3.57. The third-order valence-electron chi connectivity index (χ3n) is 4.35. The van der Waals surface area contributed by atoms with Gasteiger partial charge in [0.15, 0.2) is 0 Å². The number of likely N-dealkylation sites (tertiary alicyclic amines) is 1. The van der Waals surface area contributed by atoms with Crippen LogP contribution in [0.1, 0.15) is 32.6 Å². The van der Waals surface area contributed by atoms with E-state index in [1.807, 2.05) is 4.90 Å². The molecule has 0 bridgehead atoms. The van der Waals surface area contributed by atoms with Crippen LogP contribution in [-0.2, 0) is 9.59 Å². The number of nitrogens with one attached hydrogen (secondary N) is 2. The van der Waals surface area contributed by atoms with Crippen LogP contribution in [0.5, 0.6) is 0 Å². The van der Waals surface area contributed by atoms with E-state index in [2.05, 4.69) is 17.6 Å². The molecule has 0 aromatic carbocycles. The lowest BCUT2D eigenvalue weighted by Crippen LogP contribution is -2.46. The van der Waals surface area contributed by atoms with Gasteiger partial charge in [-0.1, -0.05) is 6.92 Å². The van der Waals surface area contributed by atoms with E-state index in [1.54, 1.807) is 0 Å². The Kier molecular flexibility index (Phi) is 3.01. The number of rotatable bonds is 3. The molecule has 0 aromatic rings. The zero-order valence-corrected chi connectivity index (χ0v) is 10.8. The van der Waals surface area contributed by atoms with E-state index in [4.69, 9.17) is 0 Å². The highest BCUT2D eigenvalue weighted by Gasteiger charge is 2.45. The van der Waals surface area contributed by atoms with Gasteiger partial charge >= 0.3 is 0 Å². The molecule has 3 rings (SSSR count). The molecule has 2 aliphatic heterocycles. The van der Waals surface area contributed by atoms with Crippen LogP contribution >= 0.6 is 0 Å². The molecule has 0 radical (unpaired) electrons. The molecule has 2 heterocycles. The van der Waals surface area contributed by atoms with Gasteiger partial charge in [0.25, 0.3) is 0 Å². The van der Waals surface area contributed by atoms with E-state index in [0.29, 0.717) is 24.9 Å². The molecular formula is C13H21N3O2. The topological polar surface area (TPSA) is 61.4 Å². The summed E-state index contributed by atoms with van der Waals surface area (Å²) in [5.41, 5.74) is 0. The number of carbonyl (C=O) groups is 2. The zero-order valence-electron chi connectivity index (χ0n) is 10.8. The fraction of sp³-hybridized carbons (Fsp3) is 0.846. The number of amides is 2. The van der Waals surface area contributed by atoms with E-state index in [-0.39, 0.29) is 23.9 Å². The maximum atomic E-state index is 12.0. The SMILES string of the molecule is C[C@@H]1C[C@H]1N1C[C@@H](NC(=O)[C@@H]2CCCN2)CC1=O. The van der Waals surface area contributed by atoms with E-state index in [9.17, 15) is 9.59 Å². The van der Waals surface area contributed by atoms with Crippen LogP contribution in [0.2, 0.25) is 0 Å². The van der Waals surface area contributed by atoms with Crippen LogP contribution in [-0.4, -0.2) is 47.9 Å². The molecule has 5 heteroatoms. The lowest BCUT2D eigenvalue weighted by molar-refractivity contribution is -0.128. The monoisotopic (exact) mass is 251 g/mol. The Balaban J connectivity index is 1.52. The summed E-state index contributed by atoms with van der Waals surface area (Å²) < 4.78 is 0. The number of hydrogen-bond acceptors (Lipinski definition) is 3. The second-order valence-electron chi connectivity index (χ2n) is 5.89. The molecule has 0 unspecified atom stereocenters. The maximum Gasteiger partial charge on any atom is 0.237 e. The van der Waals surface area contributed by atoms with Crippen molar-refractivity contribution in [3.05, 3.63) is 0 Å². The van der Waals surface area contributed by atoms with Crippen LogP contribution in [0.25, 0.3) is 0 Å². The molecule has 3 fully saturated rings. The molecule has 3 aliphatic rings. The lowest BCUT2D eigenvalue weighted by Gasteiger charge is -2.18. The summed E-state index contributed by atoms with van der Waals surface area (Å²) in [5, 5.41) is 6.20. The Bertz CT molecular complexity index is 365. The van der Waals surface area contributed by atoms with Gasteiger partial charge in [0.05, 0.1) is 12.1 Å². The highest BCUT2D eigenvalue weighted by Crippen LogP contribution is 2.37. The van der Waals surface area contributed by atoms with Gasteiger partial charge in [0.1, 0.15) is 0 Å². The number of nitrogens with zero attached hydrogens (tertiary/aromatic N) is 1. The van der Waals surface area contributed by atoms with Gasteiger partial charge in [-0.3, -0.25) is 9.59 Å². The molecule has 18 heavy (non-hydrogen) atoms. The van der Waals surface area contributed by atoms with Gasteiger partial charge in [-0.05, 0) is 31.7 Å². The van der Waals surface area contributed by atoms with Crippen molar-refractivity contribution in [2.75, 3.05) is 13.1 Å². The first-order valence-corrected chi connectivity index (χ1v) is 6.98. The van der Waals surface area contributed by atoms with Gasteiger partial charge in [-0.25, -0.2) is 0 Å². The largest absolute Gasteiger partial charge is 0.350 e.